The minimum absolute atomic E-state index is 0. The summed E-state index contributed by atoms with van der Waals surface area (Å²) in [7, 11) is 0. The molecular weight excluding hydrogens is 150 g/mol. The largest absolute Gasteiger partial charge is 0.381 e. The van der Waals surface area contributed by atoms with Gasteiger partial charge in [-0.25, -0.2) is 0 Å². The van der Waals surface area contributed by atoms with E-state index >= 15 is 0 Å². The quantitative estimate of drug-likeness (QED) is 0.583. The molecule has 2 heterocycles. The zero-order valence-electron chi connectivity index (χ0n) is 6.27. The maximum atomic E-state index is 4.94. The molecule has 0 amide bonds. The highest BCUT2D eigenvalue weighted by molar-refractivity contribution is 5.85. The monoisotopic (exact) mass is 165 g/mol. The Morgan fingerprint density at radius 1 is 0.900 bits per heavy atom. The molecule has 0 bridgehead atoms. The van der Waals surface area contributed by atoms with Gasteiger partial charge in [0.15, 0.2) is 0 Å². The Hall–Kier alpha value is 0.210. The van der Waals surface area contributed by atoms with E-state index in [9.17, 15) is 0 Å². The Kier molecular flexibility index (Phi) is 7.47. The number of ether oxygens (including phenoxy) is 1. The molecule has 2 rings (SSSR count). The van der Waals surface area contributed by atoms with Crippen LogP contribution in [0.2, 0.25) is 0 Å². The molecule has 10 heavy (non-hydrogen) atoms. The molecular formula is C7H16ClNO. The fraction of sp³-hybridized carbons (Fsp3) is 1.00. The minimum Gasteiger partial charge on any atom is -0.381 e. The van der Waals surface area contributed by atoms with Crippen molar-refractivity contribution in [1.29, 1.82) is 0 Å². The second kappa shape index (κ2) is 7.32. The molecule has 0 atom stereocenters. The summed E-state index contributed by atoms with van der Waals surface area (Å²) in [4.78, 5) is 0. The molecule has 0 aliphatic carbocycles. The van der Waals surface area contributed by atoms with Gasteiger partial charge in [0.2, 0.25) is 0 Å². The fourth-order valence-electron chi connectivity index (χ4n) is 0.687. The Morgan fingerprint density at radius 2 is 1.30 bits per heavy atom. The maximum Gasteiger partial charge on any atom is 0.0466 e. The summed E-state index contributed by atoms with van der Waals surface area (Å²) >= 11 is 0. The van der Waals surface area contributed by atoms with Crippen LogP contribution >= 0.6 is 12.4 Å². The molecule has 0 aromatic rings. The van der Waals surface area contributed by atoms with Crippen molar-refractivity contribution in [2.75, 3.05) is 26.3 Å². The number of rotatable bonds is 0. The molecule has 2 aliphatic heterocycles. The molecule has 3 heteroatoms. The average molecular weight is 166 g/mol. The van der Waals surface area contributed by atoms with Crippen LogP contribution in [0.4, 0.5) is 0 Å². The van der Waals surface area contributed by atoms with Gasteiger partial charge in [0.1, 0.15) is 0 Å². The van der Waals surface area contributed by atoms with Gasteiger partial charge in [-0.1, -0.05) is 0 Å². The standard InChI is InChI=1S/C4H8O.C3H7N.ClH/c1-2-4-5-3-1;1-2-4-3-1;/h1-4H2;4H,1-3H2;1H. The third kappa shape index (κ3) is 5.03. The Bertz CT molecular complexity index is 51.0. The van der Waals surface area contributed by atoms with Gasteiger partial charge in [-0.15, -0.1) is 12.4 Å². The second-order valence-electron chi connectivity index (χ2n) is 2.42. The highest BCUT2D eigenvalue weighted by Crippen LogP contribution is 1.98. The van der Waals surface area contributed by atoms with E-state index in [-0.39, 0.29) is 12.4 Å². The van der Waals surface area contributed by atoms with Crippen molar-refractivity contribution >= 4 is 12.4 Å². The number of nitrogens with one attached hydrogen (secondary N) is 1. The van der Waals surface area contributed by atoms with E-state index in [0.717, 1.165) is 13.2 Å². The van der Waals surface area contributed by atoms with Crippen LogP contribution in [0.3, 0.4) is 0 Å². The van der Waals surface area contributed by atoms with Crippen LogP contribution in [0.25, 0.3) is 0 Å². The molecule has 0 spiro atoms. The van der Waals surface area contributed by atoms with Crippen LogP contribution in [0, 0.1) is 0 Å². The topological polar surface area (TPSA) is 21.3 Å². The molecule has 1 N–H and O–H groups in total. The number of halogens is 1. The van der Waals surface area contributed by atoms with Crippen LogP contribution in [0.15, 0.2) is 0 Å². The van der Waals surface area contributed by atoms with Gasteiger partial charge >= 0.3 is 0 Å². The van der Waals surface area contributed by atoms with Gasteiger partial charge in [-0.2, -0.15) is 0 Å². The van der Waals surface area contributed by atoms with Crippen LogP contribution in [-0.2, 0) is 4.74 Å². The van der Waals surface area contributed by atoms with Crippen molar-refractivity contribution in [3.05, 3.63) is 0 Å². The van der Waals surface area contributed by atoms with Crippen molar-refractivity contribution < 1.29 is 4.74 Å². The molecule has 0 aromatic heterocycles. The lowest BCUT2D eigenvalue weighted by atomic mass is 10.3. The molecule has 2 fully saturated rings. The summed E-state index contributed by atoms with van der Waals surface area (Å²) < 4.78 is 4.94. The average Bonchev–Trinajstić information content (AvgIpc) is 2.07. The zero-order chi connectivity index (χ0) is 6.36. The third-order valence-electron chi connectivity index (χ3n) is 1.53. The fourth-order valence-corrected chi connectivity index (χ4v) is 0.687. The van der Waals surface area contributed by atoms with E-state index in [1.165, 1.54) is 32.4 Å². The van der Waals surface area contributed by atoms with Crippen molar-refractivity contribution in [3.8, 4) is 0 Å². The zero-order valence-corrected chi connectivity index (χ0v) is 7.08. The molecule has 0 radical (unpaired) electrons. The number of hydrogen-bond donors (Lipinski definition) is 1. The molecule has 2 nitrogen and oxygen atoms in total. The smallest absolute Gasteiger partial charge is 0.0466 e. The third-order valence-corrected chi connectivity index (χ3v) is 1.53. The SMILES string of the molecule is C1CCOC1.C1CNC1.Cl. The van der Waals surface area contributed by atoms with Gasteiger partial charge < -0.3 is 10.1 Å². The lowest BCUT2D eigenvalue weighted by Gasteiger charge is -2.09. The molecule has 2 aliphatic rings. The summed E-state index contributed by atoms with van der Waals surface area (Å²) in [6.07, 6.45) is 3.94. The normalized spacial score (nSPS) is 21.6. The van der Waals surface area contributed by atoms with E-state index in [1.54, 1.807) is 0 Å². The first kappa shape index (κ1) is 10.2. The van der Waals surface area contributed by atoms with Crippen LogP contribution < -0.4 is 5.32 Å². The van der Waals surface area contributed by atoms with E-state index in [4.69, 9.17) is 4.74 Å². The minimum atomic E-state index is 0. The van der Waals surface area contributed by atoms with Crippen molar-refractivity contribution in [2.24, 2.45) is 0 Å². The summed E-state index contributed by atoms with van der Waals surface area (Å²) in [6.45, 7) is 4.50. The van der Waals surface area contributed by atoms with Crippen molar-refractivity contribution in [1.82, 2.24) is 5.32 Å². The summed E-state index contributed by atoms with van der Waals surface area (Å²) in [5, 5.41) is 3.11. The van der Waals surface area contributed by atoms with Gasteiger partial charge in [-0.3, -0.25) is 0 Å². The Balaban J connectivity index is 0.000000150. The first-order chi connectivity index (χ1) is 4.50. The highest BCUT2D eigenvalue weighted by Gasteiger charge is 1.94. The van der Waals surface area contributed by atoms with E-state index in [2.05, 4.69) is 5.32 Å². The summed E-state index contributed by atoms with van der Waals surface area (Å²) in [5.74, 6) is 0. The predicted molar refractivity (Wildman–Crippen MR) is 44.8 cm³/mol. The Morgan fingerprint density at radius 3 is 1.40 bits per heavy atom. The van der Waals surface area contributed by atoms with Gasteiger partial charge in [-0.05, 0) is 32.4 Å². The highest BCUT2D eigenvalue weighted by atomic mass is 35.5. The van der Waals surface area contributed by atoms with E-state index in [1.807, 2.05) is 0 Å². The molecule has 2 saturated heterocycles. The van der Waals surface area contributed by atoms with E-state index in [0.29, 0.717) is 0 Å². The van der Waals surface area contributed by atoms with Crippen LogP contribution in [-0.4, -0.2) is 26.3 Å². The van der Waals surface area contributed by atoms with E-state index < -0.39 is 0 Å². The van der Waals surface area contributed by atoms with Crippen molar-refractivity contribution in [3.63, 3.8) is 0 Å². The summed E-state index contributed by atoms with van der Waals surface area (Å²) in [5.41, 5.74) is 0. The second-order valence-corrected chi connectivity index (χ2v) is 2.42. The van der Waals surface area contributed by atoms with Gasteiger partial charge in [0.25, 0.3) is 0 Å². The maximum absolute atomic E-state index is 4.94. The lowest BCUT2D eigenvalue weighted by molar-refractivity contribution is 0.198. The molecule has 62 valence electrons. The van der Waals surface area contributed by atoms with Crippen LogP contribution in [0.5, 0.6) is 0 Å². The number of hydrogen-bond acceptors (Lipinski definition) is 2. The molecule has 0 aromatic carbocycles. The Labute approximate surface area is 68.7 Å². The predicted octanol–water partition coefficient (Wildman–Crippen LogP) is 1.20. The molecule has 0 unspecified atom stereocenters. The first-order valence-electron chi connectivity index (χ1n) is 3.78. The van der Waals surface area contributed by atoms with Crippen molar-refractivity contribution in [2.45, 2.75) is 19.3 Å². The van der Waals surface area contributed by atoms with Gasteiger partial charge in [0.05, 0.1) is 0 Å². The molecule has 0 saturated carbocycles. The van der Waals surface area contributed by atoms with Gasteiger partial charge in [0, 0.05) is 13.2 Å². The first-order valence-corrected chi connectivity index (χ1v) is 3.78. The lowest BCUT2D eigenvalue weighted by Crippen LogP contribution is -2.29. The summed E-state index contributed by atoms with van der Waals surface area (Å²) in [6, 6.07) is 0. The van der Waals surface area contributed by atoms with Crippen LogP contribution in [0.1, 0.15) is 19.3 Å².